The predicted molar refractivity (Wildman–Crippen MR) is 140 cm³/mol. The molecular weight excluding hydrogens is 470 g/mol. The normalized spacial score (nSPS) is 17.6. The van der Waals surface area contributed by atoms with Crippen LogP contribution in [0.5, 0.6) is 11.5 Å². The number of piperidine rings is 1. The predicted octanol–water partition coefficient (Wildman–Crippen LogP) is 4.47. The van der Waals surface area contributed by atoms with E-state index in [9.17, 15) is 9.59 Å². The Morgan fingerprint density at radius 3 is 2.84 bits per heavy atom. The molecule has 1 aromatic heterocycles. The number of nitrogens with zero attached hydrogens (tertiary/aromatic N) is 2. The van der Waals surface area contributed by atoms with Crippen LogP contribution >= 0.6 is 0 Å². The lowest BCUT2D eigenvalue weighted by molar-refractivity contribution is -0.141. The third-order valence-corrected chi connectivity index (χ3v) is 7.95. The molecule has 5 rings (SSSR count). The maximum absolute atomic E-state index is 12.9. The van der Waals surface area contributed by atoms with Crippen LogP contribution in [0.15, 0.2) is 30.3 Å². The fourth-order valence-electron chi connectivity index (χ4n) is 5.65. The van der Waals surface area contributed by atoms with E-state index in [-0.39, 0.29) is 24.6 Å². The Balaban J connectivity index is 1.09. The maximum atomic E-state index is 12.9. The highest BCUT2D eigenvalue weighted by Crippen LogP contribution is 2.38. The minimum atomic E-state index is -0.202. The molecule has 0 spiro atoms. The Morgan fingerprint density at radius 1 is 1.16 bits per heavy atom. The lowest BCUT2D eigenvalue weighted by Gasteiger charge is -2.33. The number of anilines is 1. The van der Waals surface area contributed by atoms with E-state index < -0.39 is 0 Å². The smallest absolute Gasteiger partial charge is 0.306 e. The van der Waals surface area contributed by atoms with Gasteiger partial charge in [-0.15, -0.1) is 0 Å². The first kappa shape index (κ1) is 25.4. The van der Waals surface area contributed by atoms with Crippen LogP contribution in [0.1, 0.15) is 67.7 Å². The van der Waals surface area contributed by atoms with Gasteiger partial charge in [0.25, 0.3) is 0 Å². The molecule has 3 aliphatic rings. The second-order valence-corrected chi connectivity index (χ2v) is 10.3. The van der Waals surface area contributed by atoms with Gasteiger partial charge in [-0.2, -0.15) is 0 Å². The monoisotopic (exact) mass is 507 g/mol. The summed E-state index contributed by atoms with van der Waals surface area (Å²) < 4.78 is 15.9. The number of ether oxygens (including phenoxy) is 3. The Labute approximate surface area is 218 Å². The van der Waals surface area contributed by atoms with E-state index in [1.165, 1.54) is 12.7 Å². The second-order valence-electron chi connectivity index (χ2n) is 10.3. The van der Waals surface area contributed by atoms with Crippen LogP contribution in [0.4, 0.5) is 5.82 Å². The molecule has 4 heterocycles. The van der Waals surface area contributed by atoms with Gasteiger partial charge < -0.3 is 24.4 Å². The number of pyridine rings is 1. The van der Waals surface area contributed by atoms with Crippen LogP contribution in [0.25, 0.3) is 0 Å². The lowest BCUT2D eigenvalue weighted by Crippen LogP contribution is -2.38. The van der Waals surface area contributed by atoms with E-state index in [4.69, 9.17) is 19.2 Å². The number of carbonyl (C=O) groups excluding carboxylic acids is 2. The number of nitrogens with one attached hydrogen (secondary N) is 1. The number of aryl methyl sites for hydroxylation is 2. The summed E-state index contributed by atoms with van der Waals surface area (Å²) in [5.74, 6) is 3.11. The largest absolute Gasteiger partial charge is 0.469 e. The molecule has 1 fully saturated rings. The molecule has 37 heavy (non-hydrogen) atoms. The fourth-order valence-corrected chi connectivity index (χ4v) is 5.65. The summed E-state index contributed by atoms with van der Waals surface area (Å²) in [7, 11) is 1.43. The first-order valence-electron chi connectivity index (χ1n) is 13.6. The SMILES string of the molecule is COC(=O)CC(CCC1CCN(C(=O)CCc2ccc3c(n2)NCCC3)CC1)c1ccc2c(c1)OCO2. The molecule has 3 aliphatic heterocycles. The number of hydrogen-bond acceptors (Lipinski definition) is 7. The third kappa shape index (κ3) is 6.35. The second kappa shape index (κ2) is 11.8. The van der Waals surface area contributed by atoms with Crippen LogP contribution in [-0.2, 0) is 27.2 Å². The van der Waals surface area contributed by atoms with E-state index in [0.717, 1.165) is 86.7 Å². The highest BCUT2D eigenvalue weighted by atomic mass is 16.7. The number of benzene rings is 1. The van der Waals surface area contributed by atoms with Crippen molar-refractivity contribution in [3.05, 3.63) is 47.2 Å². The van der Waals surface area contributed by atoms with Gasteiger partial charge in [-0.1, -0.05) is 12.1 Å². The van der Waals surface area contributed by atoms with Gasteiger partial charge in [-0.25, -0.2) is 4.98 Å². The molecule has 8 heteroatoms. The van der Waals surface area contributed by atoms with Crippen LogP contribution in [-0.4, -0.2) is 55.3 Å². The number of esters is 1. The van der Waals surface area contributed by atoms with E-state index >= 15 is 0 Å². The van der Waals surface area contributed by atoms with Crippen LogP contribution in [0.3, 0.4) is 0 Å². The summed E-state index contributed by atoms with van der Waals surface area (Å²) >= 11 is 0. The number of carbonyl (C=O) groups is 2. The van der Waals surface area contributed by atoms with E-state index in [1.54, 1.807) is 0 Å². The Bertz CT molecular complexity index is 1110. The zero-order valence-electron chi connectivity index (χ0n) is 21.7. The molecule has 0 bridgehead atoms. The van der Waals surface area contributed by atoms with Gasteiger partial charge in [0, 0.05) is 31.7 Å². The zero-order valence-corrected chi connectivity index (χ0v) is 21.7. The molecule has 8 nitrogen and oxygen atoms in total. The number of methoxy groups -OCH3 is 1. The van der Waals surface area contributed by atoms with Crippen molar-refractivity contribution in [3.63, 3.8) is 0 Å². The molecule has 1 atom stereocenters. The summed E-state index contributed by atoms with van der Waals surface area (Å²) in [5.41, 5.74) is 3.33. The third-order valence-electron chi connectivity index (χ3n) is 7.95. The average Bonchev–Trinajstić information content (AvgIpc) is 3.42. The molecule has 198 valence electrons. The number of aromatic nitrogens is 1. The maximum Gasteiger partial charge on any atom is 0.306 e. The van der Waals surface area contributed by atoms with Gasteiger partial charge in [0.2, 0.25) is 12.7 Å². The molecule has 1 N–H and O–H groups in total. The van der Waals surface area contributed by atoms with Crippen molar-refractivity contribution in [1.82, 2.24) is 9.88 Å². The van der Waals surface area contributed by atoms with Crippen molar-refractivity contribution in [2.75, 3.05) is 38.9 Å². The topological polar surface area (TPSA) is 90.0 Å². The highest BCUT2D eigenvalue weighted by Gasteiger charge is 2.26. The number of fused-ring (bicyclic) bond motifs is 2. The van der Waals surface area contributed by atoms with Gasteiger partial charge >= 0.3 is 5.97 Å². The lowest BCUT2D eigenvalue weighted by atomic mass is 9.84. The summed E-state index contributed by atoms with van der Waals surface area (Å²) in [6.07, 6.45) is 7.66. The zero-order chi connectivity index (χ0) is 25.6. The average molecular weight is 508 g/mol. The van der Waals surface area contributed by atoms with Gasteiger partial charge in [0.1, 0.15) is 5.82 Å². The van der Waals surface area contributed by atoms with Crippen molar-refractivity contribution in [1.29, 1.82) is 0 Å². The molecule has 1 unspecified atom stereocenters. The summed E-state index contributed by atoms with van der Waals surface area (Å²) in [5, 5.41) is 3.37. The molecule has 2 aromatic rings. The van der Waals surface area contributed by atoms with Crippen molar-refractivity contribution in [2.45, 2.75) is 63.7 Å². The van der Waals surface area contributed by atoms with Crippen molar-refractivity contribution in [2.24, 2.45) is 5.92 Å². The van der Waals surface area contributed by atoms with Crippen molar-refractivity contribution >= 4 is 17.7 Å². The molecule has 1 amide bonds. The van der Waals surface area contributed by atoms with Gasteiger partial charge in [-0.05, 0) is 86.1 Å². The number of rotatable bonds is 9. The molecule has 0 aliphatic carbocycles. The Kier molecular flexibility index (Phi) is 8.12. The summed E-state index contributed by atoms with van der Waals surface area (Å²) in [6, 6.07) is 10.1. The summed E-state index contributed by atoms with van der Waals surface area (Å²) in [4.78, 5) is 31.7. The van der Waals surface area contributed by atoms with Gasteiger partial charge in [-0.3, -0.25) is 9.59 Å². The minimum Gasteiger partial charge on any atom is -0.469 e. The first-order valence-corrected chi connectivity index (χ1v) is 13.6. The first-order chi connectivity index (χ1) is 18.1. The quantitative estimate of drug-likeness (QED) is 0.501. The van der Waals surface area contributed by atoms with Crippen molar-refractivity contribution < 1.29 is 23.8 Å². The van der Waals surface area contributed by atoms with Gasteiger partial charge in [0.15, 0.2) is 11.5 Å². The number of likely N-dealkylation sites (tertiary alicyclic amines) is 1. The molecular formula is C29H37N3O5. The van der Waals surface area contributed by atoms with Crippen LogP contribution in [0.2, 0.25) is 0 Å². The fraction of sp³-hybridized carbons (Fsp3) is 0.552. The molecule has 0 saturated carbocycles. The van der Waals surface area contributed by atoms with Crippen molar-refractivity contribution in [3.8, 4) is 11.5 Å². The molecule has 0 radical (unpaired) electrons. The number of hydrogen-bond donors (Lipinski definition) is 1. The standard InChI is InChI=1S/C29H37N3O5/c1-35-28(34)18-23(22-7-10-25-26(17-22)37-19-36-25)5-4-20-12-15-32(16-13-20)27(33)11-9-24-8-6-21-3-2-14-30-29(21)31-24/h6-8,10,17,20,23H,2-5,9,11-16,18-19H2,1H3,(H,30,31). The highest BCUT2D eigenvalue weighted by molar-refractivity contribution is 5.76. The van der Waals surface area contributed by atoms with E-state index in [0.29, 0.717) is 25.2 Å². The molecule has 1 saturated heterocycles. The Hall–Kier alpha value is -3.29. The molecule has 1 aromatic carbocycles. The van der Waals surface area contributed by atoms with E-state index in [1.807, 2.05) is 23.1 Å². The van der Waals surface area contributed by atoms with Crippen LogP contribution in [0, 0.1) is 5.92 Å². The number of amides is 1. The minimum absolute atomic E-state index is 0.0696. The summed E-state index contributed by atoms with van der Waals surface area (Å²) in [6.45, 7) is 2.80. The Morgan fingerprint density at radius 2 is 2.00 bits per heavy atom. The van der Waals surface area contributed by atoms with Crippen LogP contribution < -0.4 is 14.8 Å². The van der Waals surface area contributed by atoms with E-state index in [2.05, 4.69) is 17.4 Å². The van der Waals surface area contributed by atoms with Gasteiger partial charge in [0.05, 0.1) is 13.5 Å².